The van der Waals surface area contributed by atoms with Crippen molar-refractivity contribution in [1.82, 2.24) is 0 Å². The van der Waals surface area contributed by atoms with Gasteiger partial charge in [-0.25, -0.2) is 8.42 Å². The summed E-state index contributed by atoms with van der Waals surface area (Å²) in [5, 5.41) is 0. The Morgan fingerprint density at radius 2 is 2.05 bits per heavy atom. The molecular weight excluding hydrogens is 415 g/mol. The summed E-state index contributed by atoms with van der Waals surface area (Å²) in [5.41, 5.74) is 5.99. The van der Waals surface area contributed by atoms with Crippen molar-refractivity contribution >= 4 is 66.8 Å². The number of anilines is 1. The second-order valence-corrected chi connectivity index (χ2v) is 8.28. The summed E-state index contributed by atoms with van der Waals surface area (Å²) in [6, 6.07) is 10.2. The Morgan fingerprint density at radius 3 is 2.63 bits per heavy atom. The highest BCUT2D eigenvalue weighted by molar-refractivity contribution is 14.1. The monoisotopic (exact) mass is 424 g/mol. The Balaban J connectivity index is 2.29. The zero-order valence-corrected chi connectivity index (χ0v) is 14.1. The largest absolute Gasteiger partial charge is 0.389 e. The molecule has 100 valence electrons. The molecule has 1 aromatic heterocycles. The number of sulfonamides is 1. The van der Waals surface area contributed by atoms with Gasteiger partial charge in [0.05, 0.1) is 4.88 Å². The maximum atomic E-state index is 12.2. The summed E-state index contributed by atoms with van der Waals surface area (Å²) in [4.78, 5) is 0.777. The summed E-state index contributed by atoms with van der Waals surface area (Å²) in [6.07, 6.45) is 0. The molecule has 3 N–H and O–H groups in total. The first kappa shape index (κ1) is 14.7. The summed E-state index contributed by atoms with van der Waals surface area (Å²) in [7, 11) is -3.59. The Kier molecular flexibility index (Phi) is 4.43. The molecule has 4 nitrogen and oxygen atoms in total. The van der Waals surface area contributed by atoms with E-state index in [0.717, 1.165) is 14.9 Å². The number of nitrogens with one attached hydrogen (secondary N) is 1. The van der Waals surface area contributed by atoms with Gasteiger partial charge in [0.2, 0.25) is 0 Å². The molecule has 0 aliphatic rings. The lowest BCUT2D eigenvalue weighted by Gasteiger charge is -2.06. The van der Waals surface area contributed by atoms with Crippen LogP contribution in [0.4, 0.5) is 5.69 Å². The predicted molar refractivity (Wildman–Crippen MR) is 90.2 cm³/mol. The van der Waals surface area contributed by atoms with Crippen LogP contribution in [0.15, 0.2) is 40.6 Å². The van der Waals surface area contributed by atoms with Gasteiger partial charge >= 0.3 is 0 Å². The highest BCUT2D eigenvalue weighted by Gasteiger charge is 2.17. The molecule has 1 heterocycles. The molecule has 0 aliphatic carbocycles. The molecule has 1 aromatic carbocycles. The van der Waals surface area contributed by atoms with E-state index in [1.54, 1.807) is 24.3 Å². The molecule has 0 fully saturated rings. The Bertz CT molecular complexity index is 725. The Hall–Kier alpha value is -0.710. The van der Waals surface area contributed by atoms with Gasteiger partial charge in [0.1, 0.15) is 9.20 Å². The first-order chi connectivity index (χ1) is 8.88. The van der Waals surface area contributed by atoms with Crippen molar-refractivity contribution in [2.24, 2.45) is 5.73 Å². The molecule has 19 heavy (non-hydrogen) atoms. The van der Waals surface area contributed by atoms with Gasteiger partial charge < -0.3 is 5.73 Å². The smallest absolute Gasteiger partial charge is 0.271 e. The van der Waals surface area contributed by atoms with Crippen LogP contribution in [-0.4, -0.2) is 13.4 Å². The molecule has 8 heteroatoms. The van der Waals surface area contributed by atoms with Crippen molar-refractivity contribution in [3.8, 4) is 0 Å². The molecule has 0 atom stereocenters. The number of halogens is 1. The van der Waals surface area contributed by atoms with Crippen molar-refractivity contribution in [3.63, 3.8) is 0 Å². The summed E-state index contributed by atoms with van der Waals surface area (Å²) < 4.78 is 28.0. The quantitative estimate of drug-likeness (QED) is 0.585. The van der Waals surface area contributed by atoms with Crippen LogP contribution in [0.5, 0.6) is 0 Å². The Morgan fingerprint density at radius 1 is 1.32 bits per heavy atom. The van der Waals surface area contributed by atoms with Gasteiger partial charge in [-0.1, -0.05) is 18.3 Å². The van der Waals surface area contributed by atoms with Crippen LogP contribution < -0.4 is 10.5 Å². The van der Waals surface area contributed by atoms with Crippen molar-refractivity contribution in [1.29, 1.82) is 0 Å². The fourth-order valence-corrected chi connectivity index (χ4v) is 4.30. The number of thiophene rings is 1. The van der Waals surface area contributed by atoms with Crippen molar-refractivity contribution in [3.05, 3.63) is 44.8 Å². The number of rotatable bonds is 4. The SMILES string of the molecule is NC(=S)c1ccc(S(=O)(=O)Nc2cccc(I)c2)s1. The minimum Gasteiger partial charge on any atom is -0.389 e. The van der Waals surface area contributed by atoms with Crippen LogP contribution in [0.1, 0.15) is 4.88 Å². The van der Waals surface area contributed by atoms with E-state index in [1.807, 2.05) is 6.07 Å². The number of hydrogen-bond acceptors (Lipinski definition) is 4. The summed E-state index contributed by atoms with van der Waals surface area (Å²) >= 11 is 7.99. The first-order valence-corrected chi connectivity index (χ1v) is 8.85. The van der Waals surface area contributed by atoms with Gasteiger partial charge in [0.25, 0.3) is 10.0 Å². The molecule has 0 radical (unpaired) electrons. The van der Waals surface area contributed by atoms with Gasteiger partial charge in [-0.3, -0.25) is 4.72 Å². The third-order valence-corrected chi connectivity index (χ3v) is 6.18. The average Bonchev–Trinajstić information content (AvgIpc) is 2.78. The number of hydrogen-bond donors (Lipinski definition) is 2. The first-order valence-electron chi connectivity index (χ1n) is 5.06. The lowest BCUT2D eigenvalue weighted by molar-refractivity contribution is 0.603. The molecule has 0 aliphatic heterocycles. The molecule has 0 spiro atoms. The van der Waals surface area contributed by atoms with E-state index in [-0.39, 0.29) is 9.20 Å². The van der Waals surface area contributed by atoms with E-state index in [9.17, 15) is 8.42 Å². The fraction of sp³-hybridized carbons (Fsp3) is 0. The van der Waals surface area contributed by atoms with Gasteiger partial charge in [0, 0.05) is 9.26 Å². The topological polar surface area (TPSA) is 72.2 Å². The molecular formula is C11H9IN2O2S3. The fourth-order valence-electron chi connectivity index (χ4n) is 1.35. The van der Waals surface area contributed by atoms with E-state index in [0.29, 0.717) is 10.6 Å². The third-order valence-electron chi connectivity index (χ3n) is 2.17. The van der Waals surface area contributed by atoms with E-state index in [4.69, 9.17) is 18.0 Å². The summed E-state index contributed by atoms with van der Waals surface area (Å²) in [6.45, 7) is 0. The van der Waals surface area contributed by atoms with Crippen molar-refractivity contribution in [2.45, 2.75) is 4.21 Å². The van der Waals surface area contributed by atoms with Crippen LogP contribution in [0.2, 0.25) is 0 Å². The average molecular weight is 424 g/mol. The van der Waals surface area contributed by atoms with Gasteiger partial charge in [-0.15, -0.1) is 11.3 Å². The van der Waals surface area contributed by atoms with Crippen molar-refractivity contribution in [2.75, 3.05) is 4.72 Å². The lowest BCUT2D eigenvalue weighted by Crippen LogP contribution is -2.11. The molecule has 2 aromatic rings. The second kappa shape index (κ2) is 5.73. The number of benzene rings is 1. The zero-order valence-electron chi connectivity index (χ0n) is 9.46. The maximum absolute atomic E-state index is 12.2. The minimum atomic E-state index is -3.59. The van der Waals surface area contributed by atoms with E-state index >= 15 is 0 Å². The van der Waals surface area contributed by atoms with Crippen LogP contribution in [0.25, 0.3) is 0 Å². The molecule has 0 bridgehead atoms. The van der Waals surface area contributed by atoms with Gasteiger partial charge in [-0.05, 0) is 52.9 Å². The van der Waals surface area contributed by atoms with E-state index in [1.165, 1.54) is 6.07 Å². The lowest BCUT2D eigenvalue weighted by atomic mass is 10.3. The highest BCUT2D eigenvalue weighted by atomic mass is 127. The summed E-state index contributed by atoms with van der Waals surface area (Å²) in [5.74, 6) is 0. The third kappa shape index (κ3) is 3.65. The van der Waals surface area contributed by atoms with Crippen LogP contribution in [0, 0.1) is 3.57 Å². The highest BCUT2D eigenvalue weighted by Crippen LogP contribution is 2.24. The Labute approximate surface area is 134 Å². The molecule has 0 unspecified atom stereocenters. The minimum absolute atomic E-state index is 0.189. The second-order valence-electron chi connectivity index (χ2n) is 3.60. The molecule has 0 amide bonds. The zero-order chi connectivity index (χ0) is 14.0. The predicted octanol–water partition coefficient (Wildman–Crippen LogP) is 2.79. The van der Waals surface area contributed by atoms with Crippen LogP contribution >= 0.6 is 46.1 Å². The molecule has 0 saturated carbocycles. The molecule has 0 saturated heterocycles. The molecule has 2 rings (SSSR count). The standard InChI is InChI=1S/C11H9IN2O2S3/c12-7-2-1-3-8(6-7)14-19(15,16)10-5-4-9(18-10)11(13)17/h1-6,14H,(H2,13,17). The van der Waals surface area contributed by atoms with Crippen LogP contribution in [0.3, 0.4) is 0 Å². The van der Waals surface area contributed by atoms with E-state index < -0.39 is 10.0 Å². The van der Waals surface area contributed by atoms with E-state index in [2.05, 4.69) is 27.3 Å². The number of thiocarbonyl (C=S) groups is 1. The van der Waals surface area contributed by atoms with Gasteiger partial charge in [-0.2, -0.15) is 0 Å². The number of nitrogens with two attached hydrogens (primary N) is 1. The van der Waals surface area contributed by atoms with Gasteiger partial charge in [0.15, 0.2) is 0 Å². The van der Waals surface area contributed by atoms with Crippen LogP contribution in [-0.2, 0) is 10.0 Å². The normalized spacial score (nSPS) is 11.2. The van der Waals surface area contributed by atoms with Crippen molar-refractivity contribution < 1.29 is 8.42 Å². The maximum Gasteiger partial charge on any atom is 0.271 e.